The topological polar surface area (TPSA) is 60.2 Å². The van der Waals surface area contributed by atoms with E-state index in [1.165, 1.54) is 0 Å². The van der Waals surface area contributed by atoms with Crippen molar-refractivity contribution in [2.75, 3.05) is 54.1 Å². The molecule has 2 atom stereocenters. The first-order valence-corrected chi connectivity index (χ1v) is 8.57. The van der Waals surface area contributed by atoms with Crippen molar-refractivity contribution < 1.29 is 14.2 Å². The first-order chi connectivity index (χ1) is 11.6. The molecule has 0 spiro atoms. The molecule has 6 nitrogen and oxygen atoms in total. The van der Waals surface area contributed by atoms with Crippen molar-refractivity contribution in [2.45, 2.75) is 25.9 Å². The number of nitrogens with zero attached hydrogens (tertiary/aromatic N) is 2. The van der Waals surface area contributed by atoms with Crippen LogP contribution in [0.1, 0.15) is 25.5 Å². The molecular formula is C18H31N3O3. The maximum absolute atomic E-state index is 6.15. The highest BCUT2D eigenvalue weighted by atomic mass is 16.5. The third-order valence-electron chi connectivity index (χ3n) is 4.91. The predicted molar refractivity (Wildman–Crippen MR) is 96.2 cm³/mol. The fourth-order valence-corrected chi connectivity index (χ4v) is 3.55. The zero-order chi connectivity index (χ0) is 17.7. The number of benzene rings is 1. The third kappa shape index (κ3) is 3.77. The second-order valence-corrected chi connectivity index (χ2v) is 6.19. The van der Waals surface area contributed by atoms with Gasteiger partial charge >= 0.3 is 0 Å². The van der Waals surface area contributed by atoms with Crippen molar-refractivity contribution in [3.05, 3.63) is 17.7 Å². The summed E-state index contributed by atoms with van der Waals surface area (Å²) in [7, 11) is 4.90. The van der Waals surface area contributed by atoms with Gasteiger partial charge < -0.3 is 24.8 Å². The van der Waals surface area contributed by atoms with Crippen molar-refractivity contribution in [2.24, 2.45) is 5.73 Å². The van der Waals surface area contributed by atoms with Gasteiger partial charge in [-0.3, -0.25) is 4.90 Å². The van der Waals surface area contributed by atoms with Crippen molar-refractivity contribution in [3.8, 4) is 17.2 Å². The molecule has 6 heteroatoms. The average Bonchev–Trinajstić information content (AvgIpc) is 2.62. The summed E-state index contributed by atoms with van der Waals surface area (Å²) in [5, 5.41) is 0. The highest BCUT2D eigenvalue weighted by Gasteiger charge is 2.30. The van der Waals surface area contributed by atoms with E-state index in [1.807, 2.05) is 12.1 Å². The van der Waals surface area contributed by atoms with Crippen molar-refractivity contribution in [1.82, 2.24) is 9.80 Å². The van der Waals surface area contributed by atoms with Crippen LogP contribution >= 0.6 is 0 Å². The fourth-order valence-electron chi connectivity index (χ4n) is 3.55. The molecule has 1 aliphatic rings. The molecule has 136 valence electrons. The second kappa shape index (κ2) is 8.55. The van der Waals surface area contributed by atoms with Gasteiger partial charge in [0, 0.05) is 38.3 Å². The molecule has 0 amide bonds. The monoisotopic (exact) mass is 337 g/mol. The Morgan fingerprint density at radius 3 is 2.17 bits per heavy atom. The zero-order valence-corrected chi connectivity index (χ0v) is 15.5. The van der Waals surface area contributed by atoms with Crippen LogP contribution in [0.3, 0.4) is 0 Å². The van der Waals surface area contributed by atoms with Gasteiger partial charge in [-0.15, -0.1) is 0 Å². The lowest BCUT2D eigenvalue weighted by molar-refractivity contribution is 0.0534. The van der Waals surface area contributed by atoms with Crippen LogP contribution in [-0.2, 0) is 0 Å². The fraction of sp³-hybridized carbons (Fsp3) is 0.667. The Bertz CT molecular complexity index is 513. The summed E-state index contributed by atoms with van der Waals surface area (Å²) in [6.45, 7) is 9.27. The highest BCUT2D eigenvalue weighted by molar-refractivity contribution is 5.54. The van der Waals surface area contributed by atoms with Crippen LogP contribution in [0, 0.1) is 0 Å². The summed E-state index contributed by atoms with van der Waals surface area (Å²) in [6.07, 6.45) is 0. The van der Waals surface area contributed by atoms with Gasteiger partial charge in [-0.05, 0) is 31.2 Å². The molecule has 1 aliphatic heterocycles. The van der Waals surface area contributed by atoms with Crippen LogP contribution in [0.4, 0.5) is 0 Å². The Labute approximate surface area is 145 Å². The molecule has 2 N–H and O–H groups in total. The van der Waals surface area contributed by atoms with Crippen LogP contribution < -0.4 is 19.9 Å². The molecular weight excluding hydrogens is 306 g/mol. The van der Waals surface area contributed by atoms with Crippen LogP contribution in [0.5, 0.6) is 17.2 Å². The number of hydrogen-bond acceptors (Lipinski definition) is 6. The van der Waals surface area contributed by atoms with E-state index in [2.05, 4.69) is 23.6 Å². The highest BCUT2D eigenvalue weighted by Crippen LogP contribution is 2.40. The van der Waals surface area contributed by atoms with Crippen LogP contribution in [0.15, 0.2) is 12.1 Å². The van der Waals surface area contributed by atoms with E-state index in [0.29, 0.717) is 29.8 Å². The summed E-state index contributed by atoms with van der Waals surface area (Å²) in [5.74, 6) is 1.96. The second-order valence-electron chi connectivity index (χ2n) is 6.19. The van der Waals surface area contributed by atoms with Crippen LogP contribution in [-0.4, -0.2) is 69.9 Å². The standard InChI is InChI=1S/C18H31N3O3/c1-6-20-7-8-21(13(2)12-20)15(11-19)14-9-16(22-3)18(24-5)17(10-14)23-4/h9-10,13,15H,6-8,11-12,19H2,1-5H3. The quantitative estimate of drug-likeness (QED) is 0.818. The summed E-state index contributed by atoms with van der Waals surface area (Å²) < 4.78 is 16.4. The maximum atomic E-state index is 6.15. The Hall–Kier alpha value is -1.50. The first-order valence-electron chi connectivity index (χ1n) is 8.57. The van der Waals surface area contributed by atoms with Crippen LogP contribution in [0.25, 0.3) is 0 Å². The largest absolute Gasteiger partial charge is 0.493 e. The number of nitrogens with two attached hydrogens (primary N) is 1. The number of hydrogen-bond donors (Lipinski definition) is 1. The molecule has 0 radical (unpaired) electrons. The van der Waals surface area contributed by atoms with E-state index in [9.17, 15) is 0 Å². The Morgan fingerprint density at radius 2 is 1.75 bits per heavy atom. The molecule has 1 aromatic rings. The normalized spacial score (nSPS) is 20.7. The van der Waals surface area contributed by atoms with Gasteiger partial charge in [0.2, 0.25) is 5.75 Å². The lowest BCUT2D eigenvalue weighted by Crippen LogP contribution is -2.53. The number of piperazine rings is 1. The van der Waals surface area contributed by atoms with E-state index in [-0.39, 0.29) is 6.04 Å². The minimum absolute atomic E-state index is 0.132. The van der Waals surface area contributed by atoms with E-state index in [1.54, 1.807) is 21.3 Å². The maximum Gasteiger partial charge on any atom is 0.203 e. The lowest BCUT2D eigenvalue weighted by atomic mass is 10.0. The summed E-state index contributed by atoms with van der Waals surface area (Å²) in [4.78, 5) is 4.96. The number of likely N-dealkylation sites (N-methyl/N-ethyl adjacent to an activating group) is 1. The van der Waals surface area contributed by atoms with Gasteiger partial charge in [0.15, 0.2) is 11.5 Å². The molecule has 1 saturated heterocycles. The third-order valence-corrected chi connectivity index (χ3v) is 4.91. The Kier molecular flexibility index (Phi) is 6.71. The van der Waals surface area contributed by atoms with Crippen LogP contribution in [0.2, 0.25) is 0 Å². The first kappa shape index (κ1) is 18.8. The molecule has 1 aromatic carbocycles. The van der Waals surface area contributed by atoms with Crippen molar-refractivity contribution >= 4 is 0 Å². The minimum atomic E-state index is 0.132. The van der Waals surface area contributed by atoms with E-state index >= 15 is 0 Å². The average molecular weight is 337 g/mol. The summed E-state index contributed by atoms with van der Waals surface area (Å²) >= 11 is 0. The molecule has 1 heterocycles. The minimum Gasteiger partial charge on any atom is -0.493 e. The molecule has 24 heavy (non-hydrogen) atoms. The van der Waals surface area contributed by atoms with Gasteiger partial charge in [0.1, 0.15) is 0 Å². The Balaban J connectivity index is 2.33. The lowest BCUT2D eigenvalue weighted by Gasteiger charge is -2.43. The van der Waals surface area contributed by atoms with Gasteiger partial charge in [-0.25, -0.2) is 0 Å². The van der Waals surface area contributed by atoms with Gasteiger partial charge in [-0.2, -0.15) is 0 Å². The molecule has 0 aromatic heterocycles. The van der Waals surface area contributed by atoms with Gasteiger partial charge in [0.05, 0.1) is 21.3 Å². The van der Waals surface area contributed by atoms with Gasteiger partial charge in [-0.1, -0.05) is 6.92 Å². The van der Waals surface area contributed by atoms with E-state index in [4.69, 9.17) is 19.9 Å². The number of rotatable bonds is 7. The number of ether oxygens (including phenoxy) is 3. The predicted octanol–water partition coefficient (Wildman–Crippen LogP) is 1.74. The molecule has 1 fully saturated rings. The van der Waals surface area contributed by atoms with Crippen molar-refractivity contribution in [3.63, 3.8) is 0 Å². The molecule has 2 unspecified atom stereocenters. The smallest absolute Gasteiger partial charge is 0.203 e. The molecule has 0 bridgehead atoms. The number of methoxy groups -OCH3 is 3. The summed E-state index contributed by atoms with van der Waals surface area (Å²) in [5.41, 5.74) is 7.25. The molecule has 0 saturated carbocycles. The molecule has 0 aliphatic carbocycles. The van der Waals surface area contributed by atoms with E-state index < -0.39 is 0 Å². The Morgan fingerprint density at radius 1 is 1.12 bits per heavy atom. The summed E-state index contributed by atoms with van der Waals surface area (Å²) in [6, 6.07) is 4.61. The van der Waals surface area contributed by atoms with Crippen molar-refractivity contribution in [1.29, 1.82) is 0 Å². The SMILES string of the molecule is CCN1CCN(C(CN)c2cc(OC)c(OC)c(OC)c2)C(C)C1. The van der Waals surface area contributed by atoms with Gasteiger partial charge in [0.25, 0.3) is 0 Å². The zero-order valence-electron chi connectivity index (χ0n) is 15.5. The van der Waals surface area contributed by atoms with E-state index in [0.717, 1.165) is 31.7 Å². The molecule has 2 rings (SSSR count).